The van der Waals surface area contributed by atoms with E-state index in [1.54, 1.807) is 12.1 Å². The maximum atomic E-state index is 11.2. The Balaban J connectivity index is 2.49. The van der Waals surface area contributed by atoms with Gasteiger partial charge in [0, 0.05) is 12.5 Å². The molecule has 4 heteroatoms. The van der Waals surface area contributed by atoms with E-state index >= 15 is 0 Å². The van der Waals surface area contributed by atoms with Gasteiger partial charge in [-0.25, -0.2) is 4.79 Å². The van der Waals surface area contributed by atoms with Crippen molar-refractivity contribution in [3.8, 4) is 12.3 Å². The number of methoxy groups -OCH3 is 1. The Morgan fingerprint density at radius 1 is 1.65 bits per heavy atom. The van der Waals surface area contributed by atoms with Crippen LogP contribution in [-0.2, 0) is 11.3 Å². The molecule has 4 nitrogen and oxygen atoms in total. The molecule has 1 rings (SSSR count). The Morgan fingerprint density at radius 2 is 2.41 bits per heavy atom. The number of hydrogen-bond acceptors (Lipinski definition) is 4. The normalized spacial score (nSPS) is 11.8. The number of furan rings is 1. The second-order valence-corrected chi connectivity index (χ2v) is 3.65. The summed E-state index contributed by atoms with van der Waals surface area (Å²) in [5.74, 6) is 3.07. The lowest BCUT2D eigenvalue weighted by Crippen LogP contribution is -2.27. The summed E-state index contributed by atoms with van der Waals surface area (Å²) in [5.41, 5.74) is 0. The van der Waals surface area contributed by atoms with E-state index in [0.29, 0.717) is 18.7 Å². The predicted octanol–water partition coefficient (Wildman–Crippen LogP) is 1.96. The molecule has 1 heterocycles. The van der Waals surface area contributed by atoms with Gasteiger partial charge in [0.15, 0.2) is 0 Å². The monoisotopic (exact) mass is 235 g/mol. The molecule has 0 saturated carbocycles. The van der Waals surface area contributed by atoms with E-state index in [4.69, 9.17) is 10.8 Å². The maximum Gasteiger partial charge on any atom is 0.373 e. The number of nitrogens with one attached hydrogen (secondary N) is 1. The van der Waals surface area contributed by atoms with Gasteiger partial charge in [0.25, 0.3) is 0 Å². The van der Waals surface area contributed by atoms with Crippen LogP contribution in [0.15, 0.2) is 16.5 Å². The smallest absolute Gasteiger partial charge is 0.373 e. The molecule has 0 fully saturated rings. The van der Waals surface area contributed by atoms with E-state index < -0.39 is 5.97 Å². The molecule has 1 atom stereocenters. The molecule has 0 aliphatic carbocycles. The molecule has 0 aromatic carbocycles. The molecule has 92 valence electrons. The minimum atomic E-state index is -0.466. The van der Waals surface area contributed by atoms with Gasteiger partial charge in [0.2, 0.25) is 5.76 Å². The van der Waals surface area contributed by atoms with Gasteiger partial charge in [-0.1, -0.05) is 6.92 Å². The zero-order valence-corrected chi connectivity index (χ0v) is 10.2. The van der Waals surface area contributed by atoms with Crippen LogP contribution in [0.3, 0.4) is 0 Å². The summed E-state index contributed by atoms with van der Waals surface area (Å²) in [6.45, 7) is 2.62. The van der Waals surface area contributed by atoms with E-state index in [2.05, 4.69) is 22.9 Å². The van der Waals surface area contributed by atoms with Gasteiger partial charge in [0.1, 0.15) is 5.76 Å². The highest BCUT2D eigenvalue weighted by Crippen LogP contribution is 2.09. The first-order valence-electron chi connectivity index (χ1n) is 5.55. The van der Waals surface area contributed by atoms with Crippen LogP contribution in [0.5, 0.6) is 0 Å². The molecule has 0 aliphatic heterocycles. The lowest BCUT2D eigenvalue weighted by molar-refractivity contribution is 0.0563. The van der Waals surface area contributed by atoms with Crippen molar-refractivity contribution in [2.24, 2.45) is 0 Å². The molecule has 0 bridgehead atoms. The van der Waals surface area contributed by atoms with E-state index in [1.165, 1.54) is 7.11 Å². The third kappa shape index (κ3) is 3.97. The Bertz CT molecular complexity index is 403. The molecule has 1 aromatic rings. The van der Waals surface area contributed by atoms with Crippen molar-refractivity contribution >= 4 is 5.97 Å². The summed E-state index contributed by atoms with van der Waals surface area (Å²) in [7, 11) is 1.32. The highest BCUT2D eigenvalue weighted by molar-refractivity contribution is 5.86. The van der Waals surface area contributed by atoms with Crippen LogP contribution < -0.4 is 5.32 Å². The van der Waals surface area contributed by atoms with Crippen molar-refractivity contribution in [3.05, 3.63) is 23.7 Å². The highest BCUT2D eigenvalue weighted by atomic mass is 16.5. The van der Waals surface area contributed by atoms with Crippen LogP contribution in [0.25, 0.3) is 0 Å². The largest absolute Gasteiger partial charge is 0.463 e. The van der Waals surface area contributed by atoms with Crippen LogP contribution in [0.1, 0.15) is 36.1 Å². The van der Waals surface area contributed by atoms with Crippen molar-refractivity contribution in [1.82, 2.24) is 5.32 Å². The van der Waals surface area contributed by atoms with Crippen LogP contribution in [0, 0.1) is 12.3 Å². The first kappa shape index (κ1) is 13.3. The van der Waals surface area contributed by atoms with Crippen LogP contribution in [0.4, 0.5) is 0 Å². The van der Waals surface area contributed by atoms with Crippen molar-refractivity contribution in [1.29, 1.82) is 0 Å². The fourth-order valence-corrected chi connectivity index (χ4v) is 1.43. The first-order chi connectivity index (χ1) is 8.21. The fourth-order valence-electron chi connectivity index (χ4n) is 1.43. The van der Waals surface area contributed by atoms with E-state index in [1.807, 2.05) is 0 Å². The quantitative estimate of drug-likeness (QED) is 0.605. The molecule has 0 radical (unpaired) electrons. The molecule has 0 amide bonds. The topological polar surface area (TPSA) is 51.5 Å². The Kier molecular flexibility index (Phi) is 5.31. The average molecular weight is 235 g/mol. The van der Waals surface area contributed by atoms with Crippen LogP contribution >= 0.6 is 0 Å². The Labute approximate surface area is 101 Å². The van der Waals surface area contributed by atoms with Gasteiger partial charge in [-0.05, 0) is 18.6 Å². The van der Waals surface area contributed by atoms with Gasteiger partial charge < -0.3 is 14.5 Å². The number of hydrogen-bond donors (Lipinski definition) is 1. The van der Waals surface area contributed by atoms with E-state index in [9.17, 15) is 4.79 Å². The zero-order valence-electron chi connectivity index (χ0n) is 10.2. The lowest BCUT2D eigenvalue weighted by Gasteiger charge is -2.12. The molecule has 0 saturated heterocycles. The number of terminal acetylenes is 1. The standard InChI is InChI=1S/C13H17NO3/c1-4-6-10(5-2)14-9-11-7-8-12(17-11)13(15)16-3/h1,7-8,10,14H,5-6,9H2,2-3H3. The Hall–Kier alpha value is -1.73. The van der Waals surface area contributed by atoms with E-state index in [-0.39, 0.29) is 11.8 Å². The fraction of sp³-hybridized carbons (Fsp3) is 0.462. The van der Waals surface area contributed by atoms with Gasteiger partial charge in [-0.2, -0.15) is 0 Å². The minimum Gasteiger partial charge on any atom is -0.463 e. The summed E-state index contributed by atoms with van der Waals surface area (Å²) < 4.78 is 9.88. The third-order valence-electron chi connectivity index (χ3n) is 2.47. The number of carbonyl (C=O) groups excluding carboxylic acids is 1. The SMILES string of the molecule is C#CCC(CC)NCc1ccc(C(=O)OC)o1. The van der Waals surface area contributed by atoms with Gasteiger partial charge in [-0.15, -0.1) is 12.3 Å². The Morgan fingerprint density at radius 3 is 3.00 bits per heavy atom. The zero-order chi connectivity index (χ0) is 12.7. The van der Waals surface area contributed by atoms with Crippen molar-refractivity contribution in [2.45, 2.75) is 32.4 Å². The average Bonchev–Trinajstić information content (AvgIpc) is 2.82. The van der Waals surface area contributed by atoms with E-state index in [0.717, 1.165) is 6.42 Å². The van der Waals surface area contributed by atoms with Crippen LogP contribution in [0.2, 0.25) is 0 Å². The number of carbonyl (C=O) groups is 1. The number of esters is 1. The molecular weight excluding hydrogens is 218 g/mol. The predicted molar refractivity (Wildman–Crippen MR) is 64.4 cm³/mol. The van der Waals surface area contributed by atoms with Crippen molar-refractivity contribution < 1.29 is 13.9 Å². The highest BCUT2D eigenvalue weighted by Gasteiger charge is 2.11. The molecule has 17 heavy (non-hydrogen) atoms. The number of ether oxygens (including phenoxy) is 1. The summed E-state index contributed by atoms with van der Waals surface area (Å²) in [6.07, 6.45) is 6.90. The molecule has 1 N–H and O–H groups in total. The second kappa shape index (κ2) is 6.77. The van der Waals surface area contributed by atoms with Gasteiger partial charge in [-0.3, -0.25) is 0 Å². The van der Waals surface area contributed by atoms with Crippen molar-refractivity contribution in [3.63, 3.8) is 0 Å². The third-order valence-corrected chi connectivity index (χ3v) is 2.47. The summed E-state index contributed by atoms with van der Waals surface area (Å²) in [6, 6.07) is 3.62. The van der Waals surface area contributed by atoms with Crippen molar-refractivity contribution in [2.75, 3.05) is 7.11 Å². The second-order valence-electron chi connectivity index (χ2n) is 3.65. The first-order valence-corrected chi connectivity index (χ1v) is 5.55. The molecule has 1 aromatic heterocycles. The minimum absolute atomic E-state index is 0.217. The molecular formula is C13H17NO3. The number of rotatable bonds is 6. The van der Waals surface area contributed by atoms with Gasteiger partial charge >= 0.3 is 5.97 Å². The van der Waals surface area contributed by atoms with Crippen LogP contribution in [-0.4, -0.2) is 19.1 Å². The summed E-state index contributed by atoms with van der Waals surface area (Å²) in [4.78, 5) is 11.2. The molecule has 0 spiro atoms. The lowest BCUT2D eigenvalue weighted by atomic mass is 10.1. The summed E-state index contributed by atoms with van der Waals surface area (Å²) in [5, 5.41) is 3.27. The molecule has 1 unspecified atom stereocenters. The molecule has 0 aliphatic rings. The summed E-state index contributed by atoms with van der Waals surface area (Å²) >= 11 is 0. The van der Waals surface area contributed by atoms with Gasteiger partial charge in [0.05, 0.1) is 13.7 Å². The maximum absolute atomic E-state index is 11.2.